The van der Waals surface area contributed by atoms with E-state index >= 15 is 0 Å². The maximum atomic E-state index is 12.0. The molecule has 5 N–H and O–H groups in total. The van der Waals surface area contributed by atoms with E-state index in [1.54, 1.807) is 6.92 Å². The van der Waals surface area contributed by atoms with Crippen LogP contribution in [0.2, 0.25) is 0 Å². The van der Waals surface area contributed by atoms with E-state index in [1.165, 1.54) is 18.2 Å². The number of rotatable bonds is 5. The number of nitrogens with one attached hydrogen (secondary N) is 1. The molecule has 0 fully saturated rings. The largest absolute Gasteiger partial charge is 0.399 e. The molecule has 1 aromatic carbocycles. The number of carbonyl (C=O) groups excluding carboxylic acids is 2. The van der Waals surface area contributed by atoms with Gasteiger partial charge in [-0.05, 0) is 25.1 Å². The highest BCUT2D eigenvalue weighted by Gasteiger charge is 2.15. The Bertz CT molecular complexity index is 640. The summed E-state index contributed by atoms with van der Waals surface area (Å²) in [5.74, 6) is -1.06. The minimum absolute atomic E-state index is 0.00696. The number of anilines is 1. The van der Waals surface area contributed by atoms with Gasteiger partial charge in [0.25, 0.3) is 5.91 Å². The van der Waals surface area contributed by atoms with E-state index in [1.807, 2.05) is 0 Å². The number of amides is 2. The summed E-state index contributed by atoms with van der Waals surface area (Å²) < 4.78 is 23.0. The second kappa shape index (κ2) is 5.91. The molecule has 7 nitrogen and oxygen atoms in total. The summed E-state index contributed by atoms with van der Waals surface area (Å²) in [6.45, 7) is 1.62. The highest BCUT2D eigenvalue weighted by molar-refractivity contribution is 7.90. The van der Waals surface area contributed by atoms with Gasteiger partial charge in [0.2, 0.25) is 5.91 Å². The number of primary amides is 1. The average molecular weight is 299 g/mol. The summed E-state index contributed by atoms with van der Waals surface area (Å²) >= 11 is 0. The van der Waals surface area contributed by atoms with Gasteiger partial charge in [-0.1, -0.05) is 0 Å². The fraction of sp³-hybridized carbons (Fsp3) is 0.333. The van der Waals surface area contributed by atoms with Crippen molar-refractivity contribution < 1.29 is 18.0 Å². The van der Waals surface area contributed by atoms with Crippen molar-refractivity contribution in [3.05, 3.63) is 23.8 Å². The molecular weight excluding hydrogens is 282 g/mol. The topological polar surface area (TPSA) is 132 Å². The number of nitrogens with two attached hydrogens (primary N) is 2. The van der Waals surface area contributed by atoms with E-state index in [9.17, 15) is 18.0 Å². The quantitative estimate of drug-likeness (QED) is 0.640. The van der Waals surface area contributed by atoms with E-state index in [4.69, 9.17) is 11.5 Å². The van der Waals surface area contributed by atoms with Crippen LogP contribution in [0.15, 0.2) is 23.1 Å². The second-order valence-electron chi connectivity index (χ2n) is 4.61. The van der Waals surface area contributed by atoms with Crippen LogP contribution in [0.25, 0.3) is 0 Å². The molecule has 0 bridgehead atoms. The van der Waals surface area contributed by atoms with Crippen LogP contribution in [0.5, 0.6) is 0 Å². The molecule has 0 aliphatic rings. The fourth-order valence-electron chi connectivity index (χ4n) is 1.63. The molecule has 1 unspecified atom stereocenters. The van der Waals surface area contributed by atoms with Crippen LogP contribution >= 0.6 is 0 Å². The van der Waals surface area contributed by atoms with Gasteiger partial charge in [0.05, 0.1) is 4.90 Å². The molecule has 1 aromatic rings. The molecule has 0 heterocycles. The van der Waals surface area contributed by atoms with Crippen molar-refractivity contribution >= 4 is 27.3 Å². The lowest BCUT2D eigenvalue weighted by Crippen LogP contribution is -2.35. The highest BCUT2D eigenvalue weighted by atomic mass is 32.2. The van der Waals surface area contributed by atoms with Crippen LogP contribution in [-0.4, -0.2) is 32.5 Å². The van der Waals surface area contributed by atoms with Crippen LogP contribution in [0, 0.1) is 0 Å². The smallest absolute Gasteiger partial charge is 0.251 e. The second-order valence-corrected chi connectivity index (χ2v) is 6.62. The molecule has 0 radical (unpaired) electrons. The van der Waals surface area contributed by atoms with Crippen LogP contribution in [-0.2, 0) is 14.6 Å². The third kappa shape index (κ3) is 4.54. The van der Waals surface area contributed by atoms with Crippen LogP contribution in [0.4, 0.5) is 5.69 Å². The zero-order valence-corrected chi connectivity index (χ0v) is 12.0. The van der Waals surface area contributed by atoms with E-state index in [2.05, 4.69) is 5.32 Å². The summed E-state index contributed by atoms with van der Waals surface area (Å²) in [7, 11) is -3.46. The number of nitrogen functional groups attached to an aromatic ring is 1. The molecule has 1 rings (SSSR count). The summed E-state index contributed by atoms with van der Waals surface area (Å²) in [5, 5.41) is 2.54. The molecule has 0 aliphatic heterocycles. The van der Waals surface area contributed by atoms with Gasteiger partial charge in [-0.2, -0.15) is 0 Å². The molecule has 0 spiro atoms. The fourth-order valence-corrected chi connectivity index (χ4v) is 2.32. The molecule has 1 atom stereocenters. The summed E-state index contributed by atoms with van der Waals surface area (Å²) in [6, 6.07) is 3.42. The van der Waals surface area contributed by atoms with Gasteiger partial charge >= 0.3 is 0 Å². The lowest BCUT2D eigenvalue weighted by atomic mass is 10.1. The first-order chi connectivity index (χ1) is 9.09. The van der Waals surface area contributed by atoms with Crippen LogP contribution < -0.4 is 16.8 Å². The Morgan fingerprint density at radius 3 is 2.40 bits per heavy atom. The molecular formula is C12H17N3O4S. The van der Waals surface area contributed by atoms with Crippen molar-refractivity contribution in [1.29, 1.82) is 0 Å². The van der Waals surface area contributed by atoms with E-state index in [0.717, 1.165) is 6.26 Å². The highest BCUT2D eigenvalue weighted by Crippen LogP contribution is 2.17. The molecule has 110 valence electrons. The predicted octanol–water partition coefficient (Wildman–Crippen LogP) is -0.334. The number of hydrogen-bond donors (Lipinski definition) is 3. The van der Waals surface area contributed by atoms with Gasteiger partial charge in [0, 0.05) is 30.0 Å². The summed E-state index contributed by atoms with van der Waals surface area (Å²) in [6.07, 6.45) is 1.02. The monoisotopic (exact) mass is 299 g/mol. The van der Waals surface area contributed by atoms with Gasteiger partial charge in [-0.3, -0.25) is 9.59 Å². The van der Waals surface area contributed by atoms with Gasteiger partial charge in [0.15, 0.2) is 9.84 Å². The SMILES string of the molecule is CC(CC(N)=O)NC(=O)c1cc(N)cc(S(C)(=O)=O)c1. The number of benzene rings is 1. The molecule has 8 heteroatoms. The van der Waals surface area contributed by atoms with Crippen LogP contribution in [0.1, 0.15) is 23.7 Å². The predicted molar refractivity (Wildman–Crippen MR) is 74.7 cm³/mol. The Morgan fingerprint density at radius 2 is 1.90 bits per heavy atom. The molecule has 0 aliphatic carbocycles. The minimum atomic E-state index is -3.46. The van der Waals surface area contributed by atoms with Crippen molar-refractivity contribution in [2.24, 2.45) is 5.73 Å². The number of carbonyl (C=O) groups is 2. The Hall–Kier alpha value is -2.09. The van der Waals surface area contributed by atoms with E-state index < -0.39 is 27.7 Å². The normalized spacial score (nSPS) is 12.7. The van der Waals surface area contributed by atoms with Crippen molar-refractivity contribution in [2.75, 3.05) is 12.0 Å². The average Bonchev–Trinajstić information content (AvgIpc) is 2.25. The molecule has 20 heavy (non-hydrogen) atoms. The van der Waals surface area contributed by atoms with Crippen molar-refractivity contribution in [1.82, 2.24) is 5.32 Å². The third-order valence-electron chi connectivity index (χ3n) is 2.50. The molecule has 0 saturated carbocycles. The van der Waals surface area contributed by atoms with Crippen molar-refractivity contribution in [3.8, 4) is 0 Å². The lowest BCUT2D eigenvalue weighted by Gasteiger charge is -2.13. The maximum absolute atomic E-state index is 12.0. The van der Waals surface area contributed by atoms with Crippen molar-refractivity contribution in [2.45, 2.75) is 24.3 Å². The summed E-state index contributed by atoms with van der Waals surface area (Å²) in [5.41, 5.74) is 10.9. The summed E-state index contributed by atoms with van der Waals surface area (Å²) in [4.78, 5) is 22.7. The molecule has 2 amide bonds. The van der Waals surface area contributed by atoms with Gasteiger partial charge in [-0.15, -0.1) is 0 Å². The van der Waals surface area contributed by atoms with Gasteiger partial charge < -0.3 is 16.8 Å². The Kier molecular flexibility index (Phi) is 4.72. The van der Waals surface area contributed by atoms with Gasteiger partial charge in [-0.25, -0.2) is 8.42 Å². The Labute approximate surface area is 117 Å². The van der Waals surface area contributed by atoms with E-state index in [0.29, 0.717) is 0 Å². The zero-order valence-electron chi connectivity index (χ0n) is 11.2. The minimum Gasteiger partial charge on any atom is -0.399 e. The maximum Gasteiger partial charge on any atom is 0.251 e. The Morgan fingerprint density at radius 1 is 1.30 bits per heavy atom. The first kappa shape index (κ1) is 16.0. The van der Waals surface area contributed by atoms with Crippen LogP contribution in [0.3, 0.4) is 0 Å². The van der Waals surface area contributed by atoms with Gasteiger partial charge in [0.1, 0.15) is 0 Å². The third-order valence-corrected chi connectivity index (χ3v) is 3.60. The number of hydrogen-bond acceptors (Lipinski definition) is 5. The standard InChI is InChI=1S/C12H17N3O4S/c1-7(3-11(14)16)15-12(17)8-4-9(13)6-10(5-8)20(2,18)19/h4-7H,3,13H2,1-2H3,(H2,14,16)(H,15,17). The first-order valence-electron chi connectivity index (χ1n) is 5.79. The molecule has 0 saturated heterocycles. The lowest BCUT2D eigenvalue weighted by molar-refractivity contribution is -0.118. The van der Waals surface area contributed by atoms with E-state index in [-0.39, 0.29) is 22.6 Å². The molecule has 0 aromatic heterocycles. The Balaban J connectivity index is 2.99. The first-order valence-corrected chi connectivity index (χ1v) is 7.68. The number of sulfone groups is 1. The van der Waals surface area contributed by atoms with Crippen molar-refractivity contribution in [3.63, 3.8) is 0 Å². The zero-order chi connectivity index (χ0) is 15.5.